The standard InChI is InChI=1S/C22H17ClN2O2S/c1-13-18(15-6-4-3-5-7-15)19-21(26)24-20(25-22(19)28-13)17(23)12-14-8-10-16(27-2)11-9-14/h3-12H,1-2H3,(H,24,25,26)/b17-12-. The highest BCUT2D eigenvalue weighted by atomic mass is 35.5. The lowest BCUT2D eigenvalue weighted by Gasteiger charge is -2.03. The number of fused-ring (bicyclic) bond motifs is 1. The SMILES string of the molecule is COc1ccc(/C=C(\Cl)c2nc3sc(C)c(-c4ccccc4)c3c(=O)[nH]2)cc1. The van der Waals surface area contributed by atoms with Gasteiger partial charge in [-0.2, -0.15) is 0 Å². The van der Waals surface area contributed by atoms with Crippen LogP contribution in [0.3, 0.4) is 0 Å². The van der Waals surface area contributed by atoms with E-state index >= 15 is 0 Å². The molecule has 0 atom stereocenters. The molecule has 0 aliphatic rings. The molecule has 4 nitrogen and oxygen atoms in total. The van der Waals surface area contributed by atoms with E-state index in [0.29, 0.717) is 21.1 Å². The zero-order valence-corrected chi connectivity index (χ0v) is 16.9. The van der Waals surface area contributed by atoms with Gasteiger partial charge in [0.1, 0.15) is 10.6 Å². The van der Waals surface area contributed by atoms with Crippen molar-refractivity contribution in [1.29, 1.82) is 0 Å². The van der Waals surface area contributed by atoms with Crippen molar-refractivity contribution >= 4 is 44.3 Å². The molecule has 28 heavy (non-hydrogen) atoms. The lowest BCUT2D eigenvalue weighted by Crippen LogP contribution is -2.10. The van der Waals surface area contributed by atoms with Crippen LogP contribution in [0.15, 0.2) is 59.4 Å². The van der Waals surface area contributed by atoms with E-state index in [1.165, 1.54) is 11.3 Å². The van der Waals surface area contributed by atoms with Crippen LogP contribution in [-0.4, -0.2) is 17.1 Å². The molecule has 140 valence electrons. The fraction of sp³-hybridized carbons (Fsp3) is 0.0909. The van der Waals surface area contributed by atoms with Crippen LogP contribution in [0.25, 0.3) is 32.5 Å². The molecule has 0 radical (unpaired) electrons. The minimum absolute atomic E-state index is 0.190. The van der Waals surface area contributed by atoms with E-state index < -0.39 is 0 Å². The molecule has 0 spiro atoms. The van der Waals surface area contributed by atoms with E-state index in [1.54, 1.807) is 13.2 Å². The summed E-state index contributed by atoms with van der Waals surface area (Å²) < 4.78 is 5.16. The topological polar surface area (TPSA) is 55.0 Å². The summed E-state index contributed by atoms with van der Waals surface area (Å²) in [5.74, 6) is 1.12. The predicted molar refractivity (Wildman–Crippen MR) is 117 cm³/mol. The second-order valence-electron chi connectivity index (χ2n) is 6.26. The number of aryl methyl sites for hydroxylation is 1. The minimum atomic E-state index is -0.190. The minimum Gasteiger partial charge on any atom is -0.497 e. The number of nitrogens with zero attached hydrogens (tertiary/aromatic N) is 1. The molecule has 1 N–H and O–H groups in total. The number of rotatable bonds is 4. The zero-order valence-electron chi connectivity index (χ0n) is 15.3. The fourth-order valence-electron chi connectivity index (χ4n) is 3.10. The van der Waals surface area contributed by atoms with Gasteiger partial charge in [-0.3, -0.25) is 4.79 Å². The van der Waals surface area contributed by atoms with Crippen LogP contribution in [-0.2, 0) is 0 Å². The molecule has 4 aromatic rings. The largest absolute Gasteiger partial charge is 0.497 e. The Morgan fingerprint density at radius 3 is 2.54 bits per heavy atom. The highest BCUT2D eigenvalue weighted by molar-refractivity contribution is 7.19. The van der Waals surface area contributed by atoms with E-state index in [1.807, 2.05) is 61.5 Å². The van der Waals surface area contributed by atoms with E-state index in [0.717, 1.165) is 27.3 Å². The summed E-state index contributed by atoms with van der Waals surface area (Å²) >= 11 is 7.95. The Morgan fingerprint density at radius 1 is 1.14 bits per heavy atom. The molecule has 2 aromatic heterocycles. The van der Waals surface area contributed by atoms with Crippen LogP contribution >= 0.6 is 22.9 Å². The molecule has 2 aromatic carbocycles. The van der Waals surface area contributed by atoms with Crippen LogP contribution in [0, 0.1) is 6.92 Å². The Bertz CT molecular complexity index is 1230. The molecule has 0 saturated carbocycles. The van der Waals surface area contributed by atoms with Crippen molar-refractivity contribution < 1.29 is 4.74 Å². The Labute approximate surface area is 171 Å². The van der Waals surface area contributed by atoms with Crippen LogP contribution in [0.4, 0.5) is 0 Å². The van der Waals surface area contributed by atoms with Crippen LogP contribution in [0.1, 0.15) is 16.3 Å². The quantitative estimate of drug-likeness (QED) is 0.470. The van der Waals surface area contributed by atoms with Gasteiger partial charge >= 0.3 is 0 Å². The van der Waals surface area contributed by atoms with Crippen LogP contribution < -0.4 is 10.3 Å². The summed E-state index contributed by atoms with van der Waals surface area (Å²) in [5.41, 5.74) is 2.63. The Hall–Kier alpha value is -2.89. The molecule has 6 heteroatoms. The smallest absolute Gasteiger partial charge is 0.260 e. The van der Waals surface area contributed by atoms with Crippen LogP contribution in [0.5, 0.6) is 5.75 Å². The second-order valence-corrected chi connectivity index (χ2v) is 7.87. The molecule has 2 heterocycles. The van der Waals surface area contributed by atoms with Gasteiger partial charge in [0.15, 0.2) is 5.82 Å². The first-order valence-electron chi connectivity index (χ1n) is 8.67. The maximum atomic E-state index is 12.9. The summed E-state index contributed by atoms with van der Waals surface area (Å²) in [6, 6.07) is 17.4. The Morgan fingerprint density at radius 2 is 1.86 bits per heavy atom. The molecular formula is C22H17ClN2O2S. The highest BCUT2D eigenvalue weighted by Gasteiger charge is 2.17. The number of hydrogen-bond acceptors (Lipinski definition) is 4. The van der Waals surface area contributed by atoms with Gasteiger partial charge in [0, 0.05) is 10.4 Å². The number of benzene rings is 2. The van der Waals surface area contributed by atoms with Gasteiger partial charge in [0.25, 0.3) is 5.56 Å². The van der Waals surface area contributed by atoms with E-state index in [4.69, 9.17) is 16.3 Å². The lowest BCUT2D eigenvalue weighted by atomic mass is 10.0. The molecule has 4 rings (SSSR count). The van der Waals surface area contributed by atoms with E-state index in [2.05, 4.69) is 9.97 Å². The zero-order chi connectivity index (χ0) is 19.7. The molecular weight excluding hydrogens is 392 g/mol. The van der Waals surface area contributed by atoms with Crippen molar-refractivity contribution in [3.8, 4) is 16.9 Å². The predicted octanol–water partition coefficient (Wildman–Crippen LogP) is 5.71. The number of aromatic nitrogens is 2. The number of thiophene rings is 1. The number of nitrogens with one attached hydrogen (secondary N) is 1. The number of H-pyrrole nitrogens is 1. The number of hydrogen-bond donors (Lipinski definition) is 1. The third kappa shape index (κ3) is 3.46. The maximum absolute atomic E-state index is 12.9. The van der Waals surface area contributed by atoms with Crippen molar-refractivity contribution in [1.82, 2.24) is 9.97 Å². The first kappa shape index (κ1) is 18.5. The van der Waals surface area contributed by atoms with Crippen molar-refractivity contribution in [2.45, 2.75) is 6.92 Å². The third-order valence-corrected chi connectivity index (χ3v) is 5.72. The molecule has 0 amide bonds. The van der Waals surface area contributed by atoms with Gasteiger partial charge in [-0.15, -0.1) is 11.3 Å². The van der Waals surface area contributed by atoms with Gasteiger partial charge in [0.2, 0.25) is 0 Å². The normalized spacial score (nSPS) is 11.8. The summed E-state index contributed by atoms with van der Waals surface area (Å²) in [6.07, 6.45) is 1.77. The van der Waals surface area contributed by atoms with E-state index in [-0.39, 0.29) is 5.56 Å². The fourth-order valence-corrected chi connectivity index (χ4v) is 4.36. The van der Waals surface area contributed by atoms with Crippen molar-refractivity contribution in [3.63, 3.8) is 0 Å². The average Bonchev–Trinajstić information content (AvgIpc) is 3.05. The monoisotopic (exact) mass is 408 g/mol. The number of halogens is 1. The molecule has 0 fully saturated rings. The molecule has 0 aliphatic carbocycles. The average molecular weight is 409 g/mol. The molecule has 0 bridgehead atoms. The highest BCUT2D eigenvalue weighted by Crippen LogP contribution is 2.36. The van der Waals surface area contributed by atoms with Gasteiger partial charge in [-0.1, -0.05) is 54.1 Å². The third-order valence-electron chi connectivity index (χ3n) is 4.44. The van der Waals surface area contributed by atoms with E-state index in [9.17, 15) is 4.79 Å². The van der Waals surface area contributed by atoms with Crippen LogP contribution in [0.2, 0.25) is 0 Å². The summed E-state index contributed by atoms with van der Waals surface area (Å²) in [7, 11) is 1.62. The first-order valence-corrected chi connectivity index (χ1v) is 9.86. The summed E-state index contributed by atoms with van der Waals surface area (Å²) in [5, 5.41) is 0.975. The maximum Gasteiger partial charge on any atom is 0.260 e. The first-order chi connectivity index (χ1) is 13.6. The van der Waals surface area contributed by atoms with Crippen molar-refractivity contribution in [2.24, 2.45) is 0 Å². The Balaban J connectivity index is 1.79. The number of ether oxygens (including phenoxy) is 1. The van der Waals surface area contributed by atoms with Gasteiger partial charge < -0.3 is 9.72 Å². The number of aromatic amines is 1. The lowest BCUT2D eigenvalue weighted by molar-refractivity contribution is 0.415. The summed E-state index contributed by atoms with van der Waals surface area (Å²) in [6.45, 7) is 2.00. The van der Waals surface area contributed by atoms with Gasteiger partial charge in [-0.25, -0.2) is 4.98 Å². The molecule has 0 aliphatic heterocycles. The van der Waals surface area contributed by atoms with Crippen molar-refractivity contribution in [2.75, 3.05) is 7.11 Å². The molecule has 0 saturated heterocycles. The van der Waals surface area contributed by atoms with Gasteiger partial charge in [-0.05, 0) is 36.3 Å². The number of methoxy groups -OCH3 is 1. The Kier molecular flexibility index (Phi) is 5.03. The van der Waals surface area contributed by atoms with Crippen molar-refractivity contribution in [3.05, 3.63) is 81.2 Å². The summed E-state index contributed by atoms with van der Waals surface area (Å²) in [4.78, 5) is 22.0. The second kappa shape index (κ2) is 7.62. The van der Waals surface area contributed by atoms with Gasteiger partial charge in [0.05, 0.1) is 17.5 Å². The molecule has 0 unspecified atom stereocenters.